The van der Waals surface area contributed by atoms with Crippen LogP contribution in [-0.4, -0.2) is 28.6 Å². The van der Waals surface area contributed by atoms with E-state index in [2.05, 4.69) is 26.2 Å². The van der Waals surface area contributed by atoms with Crippen molar-refractivity contribution < 1.29 is 19.4 Å². The quantitative estimate of drug-likeness (QED) is 0.712. The summed E-state index contributed by atoms with van der Waals surface area (Å²) >= 11 is 15.0. The molecule has 1 aromatic carbocycles. The van der Waals surface area contributed by atoms with Crippen molar-refractivity contribution in [3.05, 3.63) is 50.0 Å². The number of phenolic OH excluding ortho intramolecular Hbond substituents is 1. The lowest BCUT2D eigenvalue weighted by molar-refractivity contribution is -0.119. The molecule has 0 aliphatic rings. The lowest BCUT2D eigenvalue weighted by Gasteiger charge is -2.09. The number of nitrogens with one attached hydrogen (secondary N) is 1. The maximum atomic E-state index is 11.9. The highest BCUT2D eigenvalue weighted by Gasteiger charge is 2.16. The number of halogens is 3. The minimum Gasteiger partial charge on any atom is -0.507 e. The molecule has 2 aromatic rings. The van der Waals surface area contributed by atoms with Gasteiger partial charge < -0.3 is 15.2 Å². The number of carbonyl (C=O) groups excluding carboxylic acids is 2. The third kappa shape index (κ3) is 4.59. The van der Waals surface area contributed by atoms with Crippen LogP contribution in [-0.2, 0) is 9.53 Å². The summed E-state index contributed by atoms with van der Waals surface area (Å²) in [6.07, 6.45) is 0. The maximum absolute atomic E-state index is 11.9. The topological polar surface area (TPSA) is 88.5 Å². The van der Waals surface area contributed by atoms with E-state index in [1.807, 2.05) is 0 Å². The summed E-state index contributed by atoms with van der Waals surface area (Å²) in [7, 11) is 0. The van der Waals surface area contributed by atoms with Crippen molar-refractivity contribution in [2.45, 2.75) is 6.92 Å². The van der Waals surface area contributed by atoms with Crippen LogP contribution in [0.1, 0.15) is 16.1 Å². The third-order valence-electron chi connectivity index (χ3n) is 2.88. The van der Waals surface area contributed by atoms with E-state index < -0.39 is 18.5 Å². The number of hydrogen-bond donors (Lipinski definition) is 2. The highest BCUT2D eigenvalue weighted by molar-refractivity contribution is 9.10. The summed E-state index contributed by atoms with van der Waals surface area (Å²) in [6, 6.07) is 5.74. The minimum absolute atomic E-state index is 0.0596. The standard InChI is InChI=1S/C15H11BrCl2N2O4/c1-7-10(17)5-11(18)14(19-7)20-13(22)6-24-15(23)9-4-8(16)2-3-12(9)21/h2-5,21H,6H2,1H3,(H,19,20,22). The van der Waals surface area contributed by atoms with Crippen LogP contribution in [0.15, 0.2) is 28.7 Å². The molecule has 1 amide bonds. The zero-order valence-corrected chi connectivity index (χ0v) is 15.4. The number of nitrogens with zero attached hydrogens (tertiary/aromatic N) is 1. The van der Waals surface area contributed by atoms with Crippen LogP contribution < -0.4 is 5.32 Å². The Balaban J connectivity index is 2.00. The Bertz CT molecular complexity index is 814. The smallest absolute Gasteiger partial charge is 0.342 e. The third-order valence-corrected chi connectivity index (χ3v) is 4.04. The van der Waals surface area contributed by atoms with Gasteiger partial charge in [0.05, 0.1) is 15.7 Å². The molecule has 0 radical (unpaired) electrons. The Labute approximate surface area is 155 Å². The minimum atomic E-state index is -0.838. The van der Waals surface area contributed by atoms with Gasteiger partial charge >= 0.3 is 5.97 Å². The molecule has 0 saturated heterocycles. The molecular weight excluding hydrogens is 423 g/mol. The number of hydrogen-bond acceptors (Lipinski definition) is 5. The number of pyridine rings is 1. The number of esters is 1. The number of phenols is 1. The number of anilines is 1. The van der Waals surface area contributed by atoms with Gasteiger partial charge in [-0.05, 0) is 31.2 Å². The number of aryl methyl sites for hydroxylation is 1. The Hall–Kier alpha value is -1.83. The predicted molar refractivity (Wildman–Crippen MR) is 93.7 cm³/mol. The molecule has 0 saturated carbocycles. The molecule has 126 valence electrons. The molecule has 2 rings (SSSR count). The first kappa shape index (κ1) is 18.5. The molecule has 1 aromatic heterocycles. The van der Waals surface area contributed by atoms with Crippen molar-refractivity contribution in [3.63, 3.8) is 0 Å². The SMILES string of the molecule is Cc1nc(NC(=O)COC(=O)c2cc(Br)ccc2O)c(Cl)cc1Cl. The van der Waals surface area contributed by atoms with Crippen LogP contribution >= 0.6 is 39.1 Å². The van der Waals surface area contributed by atoms with Gasteiger partial charge in [-0.3, -0.25) is 4.79 Å². The van der Waals surface area contributed by atoms with E-state index in [0.717, 1.165) is 0 Å². The second kappa shape index (κ2) is 7.83. The summed E-state index contributed by atoms with van der Waals surface area (Å²) in [5.74, 6) is -1.60. The van der Waals surface area contributed by atoms with Gasteiger partial charge in [-0.15, -0.1) is 0 Å². The first-order valence-electron chi connectivity index (χ1n) is 6.56. The Morgan fingerprint density at radius 2 is 2.00 bits per heavy atom. The lowest BCUT2D eigenvalue weighted by Crippen LogP contribution is -2.22. The zero-order valence-electron chi connectivity index (χ0n) is 12.3. The van der Waals surface area contributed by atoms with E-state index in [9.17, 15) is 14.7 Å². The number of aromatic nitrogens is 1. The summed E-state index contributed by atoms with van der Waals surface area (Å²) in [5, 5.41) is 12.6. The monoisotopic (exact) mass is 432 g/mol. The molecule has 24 heavy (non-hydrogen) atoms. The van der Waals surface area contributed by atoms with E-state index in [0.29, 0.717) is 15.2 Å². The number of rotatable bonds is 4. The molecule has 0 unspecified atom stereocenters. The van der Waals surface area contributed by atoms with Crippen molar-refractivity contribution in [3.8, 4) is 5.75 Å². The molecule has 0 spiro atoms. The van der Waals surface area contributed by atoms with Gasteiger partial charge in [0.15, 0.2) is 12.4 Å². The first-order chi connectivity index (χ1) is 11.3. The van der Waals surface area contributed by atoms with Crippen LogP contribution in [0.25, 0.3) is 0 Å². The van der Waals surface area contributed by atoms with Gasteiger partial charge in [0, 0.05) is 4.47 Å². The Morgan fingerprint density at radius 1 is 1.29 bits per heavy atom. The van der Waals surface area contributed by atoms with Crippen molar-refractivity contribution in [1.29, 1.82) is 0 Å². The normalized spacial score (nSPS) is 10.3. The molecule has 2 N–H and O–H groups in total. The Morgan fingerprint density at radius 3 is 2.71 bits per heavy atom. The maximum Gasteiger partial charge on any atom is 0.342 e. The first-order valence-corrected chi connectivity index (χ1v) is 8.11. The second-order valence-electron chi connectivity index (χ2n) is 4.67. The largest absolute Gasteiger partial charge is 0.507 e. The van der Waals surface area contributed by atoms with Gasteiger partial charge in [0.2, 0.25) is 0 Å². The van der Waals surface area contributed by atoms with E-state index >= 15 is 0 Å². The Kier molecular flexibility index (Phi) is 6.04. The average Bonchev–Trinajstić information content (AvgIpc) is 2.52. The summed E-state index contributed by atoms with van der Waals surface area (Å²) < 4.78 is 5.45. The molecule has 0 atom stereocenters. The number of aromatic hydroxyl groups is 1. The number of carbonyl (C=O) groups is 2. The van der Waals surface area contributed by atoms with Crippen molar-refractivity contribution in [2.75, 3.05) is 11.9 Å². The fourth-order valence-corrected chi connectivity index (χ4v) is 2.46. The molecular formula is C15H11BrCl2N2O4. The highest BCUT2D eigenvalue weighted by atomic mass is 79.9. The molecule has 0 fully saturated rings. The van der Waals surface area contributed by atoms with Gasteiger partial charge in [0.1, 0.15) is 11.3 Å². The van der Waals surface area contributed by atoms with E-state index in [4.69, 9.17) is 27.9 Å². The summed E-state index contributed by atoms with van der Waals surface area (Å²) in [5.41, 5.74) is 0.433. The van der Waals surface area contributed by atoms with Gasteiger partial charge in [0.25, 0.3) is 5.91 Å². The van der Waals surface area contributed by atoms with E-state index in [-0.39, 0.29) is 22.2 Å². The molecule has 0 aliphatic heterocycles. The molecule has 6 nitrogen and oxygen atoms in total. The van der Waals surface area contributed by atoms with E-state index in [1.54, 1.807) is 13.0 Å². The van der Waals surface area contributed by atoms with Crippen molar-refractivity contribution >= 4 is 56.8 Å². The van der Waals surface area contributed by atoms with Crippen LogP contribution in [0, 0.1) is 6.92 Å². The highest BCUT2D eigenvalue weighted by Crippen LogP contribution is 2.25. The van der Waals surface area contributed by atoms with Crippen LogP contribution in [0.4, 0.5) is 5.82 Å². The number of ether oxygens (including phenoxy) is 1. The summed E-state index contributed by atoms with van der Waals surface area (Å²) in [6.45, 7) is 1.09. The van der Waals surface area contributed by atoms with Crippen molar-refractivity contribution in [2.24, 2.45) is 0 Å². The van der Waals surface area contributed by atoms with Crippen LogP contribution in [0.5, 0.6) is 5.75 Å². The lowest BCUT2D eigenvalue weighted by atomic mass is 10.2. The average molecular weight is 434 g/mol. The van der Waals surface area contributed by atoms with Crippen molar-refractivity contribution in [1.82, 2.24) is 4.98 Å². The molecule has 0 aliphatic carbocycles. The second-order valence-corrected chi connectivity index (χ2v) is 6.40. The zero-order chi connectivity index (χ0) is 17.9. The van der Waals surface area contributed by atoms with E-state index in [1.165, 1.54) is 18.2 Å². The number of benzene rings is 1. The van der Waals surface area contributed by atoms with Gasteiger partial charge in [-0.1, -0.05) is 39.1 Å². The fraction of sp³-hybridized carbons (Fsp3) is 0.133. The summed E-state index contributed by atoms with van der Waals surface area (Å²) in [4.78, 5) is 27.8. The molecule has 0 bridgehead atoms. The van der Waals surface area contributed by atoms with Crippen LogP contribution in [0.2, 0.25) is 10.0 Å². The van der Waals surface area contributed by atoms with Gasteiger partial charge in [-0.2, -0.15) is 0 Å². The van der Waals surface area contributed by atoms with Gasteiger partial charge in [-0.25, -0.2) is 9.78 Å². The van der Waals surface area contributed by atoms with Crippen LogP contribution in [0.3, 0.4) is 0 Å². The molecule has 9 heteroatoms. The predicted octanol–water partition coefficient (Wildman–Crippen LogP) is 3.96. The number of amides is 1. The fourth-order valence-electron chi connectivity index (χ4n) is 1.69. The molecule has 1 heterocycles.